The maximum Gasteiger partial charge on any atom is 0.378 e. The van der Waals surface area contributed by atoms with Gasteiger partial charge in [0.05, 0.1) is 0 Å². The summed E-state index contributed by atoms with van der Waals surface area (Å²) in [4.78, 5) is 0. The van der Waals surface area contributed by atoms with Crippen LogP contribution in [-0.2, 0) is 4.65 Å². The molecule has 1 rings (SSSR count). The van der Waals surface area contributed by atoms with E-state index in [9.17, 15) is 0 Å². The maximum absolute atomic E-state index is 4.55. The monoisotopic (exact) mass is 81.0 g/mol. The summed E-state index contributed by atoms with van der Waals surface area (Å²) in [5, 5.41) is 9.51. The third-order valence-corrected chi connectivity index (χ3v) is 0.366. The molecule has 2 radical (unpaired) electrons. The van der Waals surface area contributed by atoms with Gasteiger partial charge in [-0.2, -0.15) is 0 Å². The summed E-state index contributed by atoms with van der Waals surface area (Å²) in [6, 6.07) is 0.134. The van der Waals surface area contributed by atoms with Crippen molar-refractivity contribution in [3.05, 3.63) is 0 Å². The Kier molecular flexibility index (Phi) is 0.599. The van der Waals surface area contributed by atoms with Crippen molar-refractivity contribution in [2.24, 2.45) is 15.4 Å². The lowest BCUT2D eigenvalue weighted by atomic mass is 10.6. The van der Waals surface area contributed by atoms with E-state index in [1.54, 1.807) is 0 Å². The second kappa shape index (κ2) is 1.08. The Bertz CT molecular complexity index is 107. The summed E-state index contributed by atoms with van der Waals surface area (Å²) >= 11 is 0. The van der Waals surface area contributed by atoms with Crippen LogP contribution >= 0.6 is 0 Å². The summed E-state index contributed by atoms with van der Waals surface area (Å²) in [6.07, 6.45) is 0. The second-order valence-electron chi connectivity index (χ2n) is 0.690. The third kappa shape index (κ3) is 0.281. The molecule has 28 valence electrons. The van der Waals surface area contributed by atoms with Gasteiger partial charge in [-0.15, -0.1) is 0 Å². The summed E-state index contributed by atoms with van der Waals surface area (Å²) in [7, 11) is 4.55. The quantitative estimate of drug-likeness (QED) is 0.373. The van der Waals surface area contributed by atoms with Crippen molar-refractivity contribution in [3.8, 4) is 0 Å². The van der Waals surface area contributed by atoms with E-state index in [0.29, 0.717) is 0 Å². The number of rotatable bonds is 0. The van der Waals surface area contributed by atoms with E-state index in [4.69, 9.17) is 0 Å². The molecule has 0 aromatic carbocycles. The van der Waals surface area contributed by atoms with E-state index in [-0.39, 0.29) is 6.02 Å². The van der Waals surface area contributed by atoms with Gasteiger partial charge in [-0.3, -0.25) is 0 Å². The van der Waals surface area contributed by atoms with Gasteiger partial charge in [-0.1, -0.05) is 10.2 Å². The van der Waals surface area contributed by atoms with Crippen LogP contribution in [0.2, 0.25) is 0 Å². The fourth-order valence-corrected chi connectivity index (χ4v) is 0.128. The van der Waals surface area contributed by atoms with Gasteiger partial charge in [0.25, 0.3) is 0 Å². The largest absolute Gasteiger partial charge is 0.539 e. The van der Waals surface area contributed by atoms with Gasteiger partial charge >= 0.3 is 14.1 Å². The van der Waals surface area contributed by atoms with Crippen molar-refractivity contribution in [2.75, 3.05) is 0 Å². The predicted molar refractivity (Wildman–Crippen MR) is 19.1 cm³/mol. The minimum atomic E-state index is 0.134. The van der Waals surface area contributed by atoms with E-state index >= 15 is 0 Å². The number of hydrogen-bond acceptors (Lipinski definition) is 4. The molecule has 1 aliphatic heterocycles. The lowest BCUT2D eigenvalue weighted by molar-refractivity contribution is 0.569. The molecule has 1 aliphatic rings. The van der Waals surface area contributed by atoms with E-state index < -0.39 is 0 Å². The second-order valence-corrected chi connectivity index (χ2v) is 0.690. The van der Waals surface area contributed by atoms with Crippen molar-refractivity contribution in [2.45, 2.75) is 0 Å². The first-order chi connectivity index (χ1) is 2.93. The van der Waals surface area contributed by atoms with E-state index in [0.717, 1.165) is 0 Å². The van der Waals surface area contributed by atoms with Crippen LogP contribution in [0.4, 0.5) is 0 Å². The zero-order valence-electron chi connectivity index (χ0n) is 2.83. The van der Waals surface area contributed by atoms with Crippen LogP contribution in [0.15, 0.2) is 15.4 Å². The molecule has 0 aromatic heterocycles. The van der Waals surface area contributed by atoms with Gasteiger partial charge in [0.15, 0.2) is 0 Å². The number of hydrogen-bond donors (Lipinski definition) is 0. The highest BCUT2D eigenvalue weighted by atomic mass is 16.5. The number of nitrogens with zero attached hydrogens (tertiary/aromatic N) is 3. The molecule has 0 atom stereocenters. The zero-order chi connectivity index (χ0) is 4.41. The zero-order valence-corrected chi connectivity index (χ0v) is 2.83. The van der Waals surface area contributed by atoms with Gasteiger partial charge in [0, 0.05) is 0 Å². The van der Waals surface area contributed by atoms with Gasteiger partial charge in [0.1, 0.15) is 0 Å². The first kappa shape index (κ1) is 3.33. The Morgan fingerprint density at radius 3 is 2.33 bits per heavy atom. The van der Waals surface area contributed by atoms with Crippen molar-refractivity contribution in [3.63, 3.8) is 0 Å². The molecule has 0 N–H and O–H groups in total. The van der Waals surface area contributed by atoms with Gasteiger partial charge in [-0.25, -0.2) is 0 Å². The minimum absolute atomic E-state index is 0.134. The Morgan fingerprint density at radius 1 is 1.67 bits per heavy atom. The first-order valence-electron chi connectivity index (χ1n) is 1.29. The highest BCUT2D eigenvalue weighted by Gasteiger charge is 1.98. The molecule has 6 heavy (non-hydrogen) atoms. The first-order valence-corrected chi connectivity index (χ1v) is 1.29. The molecule has 0 spiro atoms. The lowest BCUT2D eigenvalue weighted by Crippen LogP contribution is -2.00. The van der Waals surface area contributed by atoms with E-state index in [1.807, 2.05) is 0 Å². The molecular weight excluding hydrogens is 80.8 g/mol. The average molecular weight is 80.8 g/mol. The minimum Gasteiger partial charge on any atom is -0.539 e. The summed E-state index contributed by atoms with van der Waals surface area (Å²) < 4.78 is 3.98. The molecule has 0 aliphatic carbocycles. The summed E-state index contributed by atoms with van der Waals surface area (Å²) in [5.74, 6) is 0. The van der Waals surface area contributed by atoms with Crippen LogP contribution in [0.3, 0.4) is 0 Å². The number of amidine groups is 1. The van der Waals surface area contributed by atoms with E-state index in [2.05, 4.69) is 28.1 Å². The standard InChI is InChI=1S/CBN3O/c2-6-1-3-5-4-1. The van der Waals surface area contributed by atoms with Crippen molar-refractivity contribution < 1.29 is 4.65 Å². The van der Waals surface area contributed by atoms with Gasteiger partial charge < -0.3 is 4.65 Å². The summed E-state index contributed by atoms with van der Waals surface area (Å²) in [5.41, 5.74) is 0. The van der Waals surface area contributed by atoms with Crippen LogP contribution < -0.4 is 0 Å². The van der Waals surface area contributed by atoms with Crippen LogP contribution in [0.5, 0.6) is 0 Å². The van der Waals surface area contributed by atoms with Gasteiger partial charge in [0.2, 0.25) is 0 Å². The molecular formula is CBN3O. The maximum atomic E-state index is 4.55. The highest BCUT2D eigenvalue weighted by Crippen LogP contribution is 1.94. The van der Waals surface area contributed by atoms with Crippen molar-refractivity contribution >= 4 is 14.1 Å². The topological polar surface area (TPSA) is 46.3 Å². The fraction of sp³-hybridized carbons (Fsp3) is 0. The molecule has 0 amide bonds. The lowest BCUT2D eigenvalue weighted by Gasteiger charge is -1.96. The fourth-order valence-electron chi connectivity index (χ4n) is 0.128. The average Bonchev–Trinajstić information content (AvgIpc) is 1.31. The van der Waals surface area contributed by atoms with Crippen LogP contribution in [0.25, 0.3) is 0 Å². The Hall–Kier alpha value is -0.865. The van der Waals surface area contributed by atoms with Crippen molar-refractivity contribution in [1.29, 1.82) is 0 Å². The van der Waals surface area contributed by atoms with Crippen LogP contribution in [0.1, 0.15) is 0 Å². The molecule has 0 saturated heterocycles. The molecule has 5 heteroatoms. The van der Waals surface area contributed by atoms with Crippen molar-refractivity contribution in [1.82, 2.24) is 0 Å². The van der Waals surface area contributed by atoms with Crippen LogP contribution in [0, 0.1) is 0 Å². The Labute approximate surface area is 35.3 Å². The Morgan fingerprint density at radius 2 is 2.33 bits per heavy atom. The molecule has 1 heterocycles. The highest BCUT2D eigenvalue weighted by molar-refractivity contribution is 6.06. The molecule has 0 unspecified atom stereocenters. The third-order valence-electron chi connectivity index (χ3n) is 0.366. The molecule has 0 bridgehead atoms. The Balaban J connectivity index is 2.37. The molecule has 0 fully saturated rings. The predicted octanol–water partition coefficient (Wildman–Crippen LogP) is -0.177. The van der Waals surface area contributed by atoms with Crippen LogP contribution in [-0.4, -0.2) is 14.1 Å². The summed E-state index contributed by atoms with van der Waals surface area (Å²) in [6.45, 7) is 0. The SMILES string of the molecule is [B]OC1=NN=N1. The van der Waals surface area contributed by atoms with Gasteiger partial charge in [-0.05, 0) is 5.22 Å². The normalized spacial score (nSPS) is 15.7. The molecule has 4 nitrogen and oxygen atoms in total. The smallest absolute Gasteiger partial charge is 0.378 e. The van der Waals surface area contributed by atoms with E-state index in [1.165, 1.54) is 0 Å². The molecule has 0 saturated carbocycles. The molecule has 0 aromatic rings.